The lowest BCUT2D eigenvalue weighted by Crippen LogP contribution is -2.26. The van der Waals surface area contributed by atoms with Gasteiger partial charge < -0.3 is 10.2 Å². The summed E-state index contributed by atoms with van der Waals surface area (Å²) in [7, 11) is 0. The van der Waals surface area contributed by atoms with E-state index < -0.39 is 4.92 Å². The maximum atomic E-state index is 11.7. The van der Waals surface area contributed by atoms with Crippen LogP contribution in [0.3, 0.4) is 0 Å². The highest BCUT2D eigenvalue weighted by Gasteiger charge is 2.06. The third kappa shape index (κ3) is 6.06. The van der Waals surface area contributed by atoms with Gasteiger partial charge in [-0.2, -0.15) is 0 Å². The van der Waals surface area contributed by atoms with Gasteiger partial charge in [-0.05, 0) is 17.7 Å². The number of nitrogens with one attached hydrogen (secondary N) is 1. The second kappa shape index (κ2) is 9.00. The van der Waals surface area contributed by atoms with E-state index >= 15 is 0 Å². The van der Waals surface area contributed by atoms with E-state index in [9.17, 15) is 14.9 Å². The van der Waals surface area contributed by atoms with Crippen LogP contribution in [0, 0.1) is 10.1 Å². The Bertz CT molecular complexity index is 812. The predicted molar refractivity (Wildman–Crippen MR) is 95.0 cm³/mol. The first-order valence-corrected chi connectivity index (χ1v) is 7.81. The molecule has 0 heterocycles. The number of hydrogen-bond acceptors (Lipinski definition) is 5. The minimum atomic E-state index is -0.506. The van der Waals surface area contributed by atoms with E-state index in [2.05, 4.69) is 10.5 Å². The summed E-state index contributed by atoms with van der Waals surface area (Å²) in [5.74, 6) is -0.387. The zero-order chi connectivity index (χ0) is 18.2. The van der Waals surface area contributed by atoms with Gasteiger partial charge in [0.1, 0.15) is 0 Å². The maximum absolute atomic E-state index is 11.7. The molecule has 7 nitrogen and oxygen atoms in total. The zero-order valence-corrected chi connectivity index (χ0v) is 14.3. The smallest absolute Gasteiger partial charge is 0.270 e. The van der Waals surface area contributed by atoms with Gasteiger partial charge in [0.15, 0.2) is 6.61 Å². The van der Waals surface area contributed by atoms with Crippen LogP contribution in [0.2, 0.25) is 10.0 Å². The highest BCUT2D eigenvalue weighted by Crippen LogP contribution is 2.20. The van der Waals surface area contributed by atoms with E-state index in [1.54, 1.807) is 24.3 Å². The lowest BCUT2D eigenvalue weighted by Gasteiger charge is -2.06. The lowest BCUT2D eigenvalue weighted by atomic mass is 10.2. The Morgan fingerprint density at radius 2 is 2.08 bits per heavy atom. The molecule has 130 valence electrons. The third-order valence-electron chi connectivity index (χ3n) is 3.04. The number of hydrogen-bond donors (Lipinski definition) is 1. The molecule has 0 aliphatic carbocycles. The highest BCUT2D eigenvalue weighted by atomic mass is 35.5. The normalized spacial score (nSPS) is 10.6. The van der Waals surface area contributed by atoms with Crippen LogP contribution in [0.1, 0.15) is 11.1 Å². The van der Waals surface area contributed by atoms with Crippen molar-refractivity contribution in [2.24, 2.45) is 5.16 Å². The topological polar surface area (TPSA) is 93.8 Å². The van der Waals surface area contributed by atoms with Crippen molar-refractivity contribution in [3.63, 3.8) is 0 Å². The average molecular weight is 382 g/mol. The molecular formula is C16H13Cl2N3O4. The van der Waals surface area contributed by atoms with Crippen LogP contribution in [-0.2, 0) is 16.2 Å². The minimum Gasteiger partial charge on any atom is -0.386 e. The van der Waals surface area contributed by atoms with Crippen LogP contribution in [0.5, 0.6) is 0 Å². The summed E-state index contributed by atoms with van der Waals surface area (Å²) in [6.07, 6.45) is 1.29. The molecule has 2 aromatic rings. The van der Waals surface area contributed by atoms with Crippen molar-refractivity contribution in [1.82, 2.24) is 5.32 Å². The van der Waals surface area contributed by atoms with Crippen molar-refractivity contribution in [2.75, 3.05) is 6.61 Å². The van der Waals surface area contributed by atoms with Crippen molar-refractivity contribution < 1.29 is 14.6 Å². The van der Waals surface area contributed by atoms with Gasteiger partial charge in [0, 0.05) is 34.3 Å². The van der Waals surface area contributed by atoms with Gasteiger partial charge in [0.05, 0.1) is 11.1 Å². The fraction of sp³-hybridized carbons (Fsp3) is 0.125. The molecule has 0 saturated heterocycles. The number of carbonyl (C=O) groups excluding carboxylic acids is 1. The number of nitro groups is 1. The molecule has 2 rings (SSSR count). The fourth-order valence-electron chi connectivity index (χ4n) is 1.82. The van der Waals surface area contributed by atoms with Crippen LogP contribution >= 0.6 is 23.2 Å². The third-order valence-corrected chi connectivity index (χ3v) is 3.63. The average Bonchev–Trinajstić information content (AvgIpc) is 2.58. The first-order valence-electron chi connectivity index (χ1n) is 7.06. The number of nitrogens with zero attached hydrogens (tertiary/aromatic N) is 2. The summed E-state index contributed by atoms with van der Waals surface area (Å²) in [5, 5.41) is 17.9. The van der Waals surface area contributed by atoms with Crippen molar-refractivity contribution in [2.45, 2.75) is 6.54 Å². The Morgan fingerprint density at radius 1 is 1.28 bits per heavy atom. The molecule has 0 aliphatic heterocycles. The summed E-state index contributed by atoms with van der Waals surface area (Å²) in [6, 6.07) is 10.8. The van der Waals surface area contributed by atoms with Gasteiger partial charge in [-0.25, -0.2) is 0 Å². The molecule has 1 N–H and O–H groups in total. The number of non-ortho nitro benzene ring substituents is 1. The first kappa shape index (κ1) is 18.7. The molecule has 0 aromatic heterocycles. The molecule has 0 unspecified atom stereocenters. The molecular weight excluding hydrogens is 369 g/mol. The fourth-order valence-corrected chi connectivity index (χ4v) is 2.30. The van der Waals surface area contributed by atoms with Gasteiger partial charge in [-0.3, -0.25) is 14.9 Å². The van der Waals surface area contributed by atoms with Gasteiger partial charge in [0.25, 0.3) is 11.6 Å². The molecule has 0 bridgehead atoms. The van der Waals surface area contributed by atoms with Gasteiger partial charge in [0.2, 0.25) is 0 Å². The Morgan fingerprint density at radius 3 is 2.80 bits per heavy atom. The summed E-state index contributed by atoms with van der Waals surface area (Å²) in [4.78, 5) is 26.7. The number of amides is 1. The molecule has 0 spiro atoms. The standard InChI is InChI=1S/C16H13Cl2N3O4/c17-13-5-4-12(15(18)7-13)9-19-16(22)10-25-20-8-11-2-1-3-14(6-11)21(23)24/h1-8H,9-10H2,(H,19,22)/b20-8-. The van der Waals surface area contributed by atoms with Crippen molar-refractivity contribution in [3.8, 4) is 0 Å². The van der Waals surface area contributed by atoms with Crippen LogP contribution in [0.4, 0.5) is 5.69 Å². The molecule has 0 radical (unpaired) electrons. The van der Waals surface area contributed by atoms with Crippen molar-refractivity contribution in [3.05, 3.63) is 73.8 Å². The number of rotatable bonds is 7. The van der Waals surface area contributed by atoms with E-state index in [-0.39, 0.29) is 24.7 Å². The molecule has 0 saturated carbocycles. The maximum Gasteiger partial charge on any atom is 0.270 e. The van der Waals surface area contributed by atoms with Crippen molar-refractivity contribution >= 4 is 41.0 Å². The van der Waals surface area contributed by atoms with E-state index in [1.165, 1.54) is 24.4 Å². The Hall–Kier alpha value is -2.64. The molecule has 0 fully saturated rings. The Labute approximate surface area is 153 Å². The molecule has 25 heavy (non-hydrogen) atoms. The summed E-state index contributed by atoms with van der Waals surface area (Å²) in [5.41, 5.74) is 1.16. The highest BCUT2D eigenvalue weighted by molar-refractivity contribution is 6.35. The number of oxime groups is 1. The Balaban J connectivity index is 1.78. The predicted octanol–water partition coefficient (Wildman–Crippen LogP) is 3.57. The molecule has 0 atom stereocenters. The number of halogens is 2. The van der Waals surface area contributed by atoms with Crippen LogP contribution < -0.4 is 5.32 Å². The van der Waals surface area contributed by atoms with Crippen molar-refractivity contribution in [1.29, 1.82) is 0 Å². The second-order valence-corrected chi connectivity index (χ2v) is 5.72. The van der Waals surface area contributed by atoms with Crippen LogP contribution in [0.25, 0.3) is 0 Å². The van der Waals surface area contributed by atoms with Gasteiger partial charge in [-0.15, -0.1) is 0 Å². The molecule has 1 amide bonds. The molecule has 9 heteroatoms. The Kier molecular flexibility index (Phi) is 6.73. The van der Waals surface area contributed by atoms with Crippen LogP contribution in [-0.4, -0.2) is 23.7 Å². The lowest BCUT2D eigenvalue weighted by molar-refractivity contribution is -0.384. The molecule has 0 aliphatic rings. The summed E-state index contributed by atoms with van der Waals surface area (Å²) >= 11 is 11.8. The van der Waals surface area contributed by atoms with Gasteiger partial charge in [-0.1, -0.05) is 46.6 Å². The first-order chi connectivity index (χ1) is 12.0. The van der Waals surface area contributed by atoms with Gasteiger partial charge >= 0.3 is 0 Å². The molecule has 2 aromatic carbocycles. The number of benzene rings is 2. The monoisotopic (exact) mass is 381 g/mol. The van der Waals surface area contributed by atoms with E-state index in [0.29, 0.717) is 15.6 Å². The second-order valence-electron chi connectivity index (χ2n) is 4.87. The van der Waals surface area contributed by atoms with E-state index in [1.807, 2.05) is 0 Å². The largest absolute Gasteiger partial charge is 0.386 e. The summed E-state index contributed by atoms with van der Waals surface area (Å²) in [6.45, 7) is -0.0660. The quantitative estimate of drug-likeness (QED) is 0.450. The van der Waals surface area contributed by atoms with E-state index in [4.69, 9.17) is 28.0 Å². The van der Waals surface area contributed by atoms with E-state index in [0.717, 1.165) is 5.56 Å². The zero-order valence-electron chi connectivity index (χ0n) is 12.8. The number of nitro benzene ring substituents is 1. The SMILES string of the molecule is O=C(CO/N=C\c1cccc([N+](=O)[O-])c1)NCc1ccc(Cl)cc1Cl. The summed E-state index contributed by atoms with van der Waals surface area (Å²) < 4.78 is 0. The number of carbonyl (C=O) groups is 1. The van der Waals surface area contributed by atoms with Crippen LogP contribution in [0.15, 0.2) is 47.6 Å². The minimum absolute atomic E-state index is 0.0541.